The van der Waals surface area contributed by atoms with Crippen LogP contribution in [0, 0.1) is 11.8 Å². The summed E-state index contributed by atoms with van der Waals surface area (Å²) in [6.45, 7) is 6.28. The molecule has 28 heavy (non-hydrogen) atoms. The van der Waals surface area contributed by atoms with Crippen molar-refractivity contribution in [2.24, 2.45) is 0 Å². The molecule has 2 aromatic rings. The van der Waals surface area contributed by atoms with E-state index in [1.54, 1.807) is 18.5 Å². The number of nitrogens with two attached hydrogens (primary N) is 1. The highest BCUT2D eigenvalue weighted by atomic mass is 16.1. The zero-order valence-electron chi connectivity index (χ0n) is 15.9. The number of hydrogen-bond donors (Lipinski definition) is 3. The third-order valence-electron chi connectivity index (χ3n) is 4.99. The molecule has 4 rings (SSSR count). The van der Waals surface area contributed by atoms with Crippen LogP contribution in [0.4, 0.5) is 17.2 Å². The summed E-state index contributed by atoms with van der Waals surface area (Å²) in [5, 5.41) is 11.2. The minimum absolute atomic E-state index is 0.0958. The van der Waals surface area contributed by atoms with Gasteiger partial charge in [-0.15, -0.1) is 5.92 Å². The van der Waals surface area contributed by atoms with Crippen molar-refractivity contribution in [2.75, 3.05) is 48.7 Å². The summed E-state index contributed by atoms with van der Waals surface area (Å²) in [4.78, 5) is 21.7. The van der Waals surface area contributed by atoms with Gasteiger partial charge in [-0.3, -0.25) is 9.69 Å². The van der Waals surface area contributed by atoms with E-state index in [1.165, 1.54) is 4.68 Å². The van der Waals surface area contributed by atoms with E-state index in [1.807, 2.05) is 17.9 Å². The van der Waals surface area contributed by atoms with Crippen LogP contribution >= 0.6 is 0 Å². The number of fused-ring (bicyclic) bond motifs is 1. The van der Waals surface area contributed by atoms with Crippen molar-refractivity contribution in [1.29, 1.82) is 0 Å². The van der Waals surface area contributed by atoms with E-state index >= 15 is 0 Å². The van der Waals surface area contributed by atoms with Gasteiger partial charge in [-0.25, -0.2) is 9.67 Å². The summed E-state index contributed by atoms with van der Waals surface area (Å²) in [5.41, 5.74) is 7.73. The second-order valence-electron chi connectivity index (χ2n) is 6.82. The van der Waals surface area contributed by atoms with Crippen LogP contribution in [0.1, 0.15) is 12.5 Å². The van der Waals surface area contributed by atoms with Gasteiger partial charge in [-0.05, 0) is 18.6 Å². The van der Waals surface area contributed by atoms with E-state index in [0.29, 0.717) is 24.6 Å². The highest BCUT2D eigenvalue weighted by molar-refractivity contribution is 5.74. The highest BCUT2D eigenvalue weighted by Gasteiger charge is 2.36. The molecule has 1 saturated heterocycles. The second kappa shape index (κ2) is 7.88. The molecule has 1 fully saturated rings. The molecule has 0 amide bonds. The second-order valence-corrected chi connectivity index (χ2v) is 6.82. The van der Waals surface area contributed by atoms with Gasteiger partial charge in [0.1, 0.15) is 11.5 Å². The minimum atomic E-state index is -0.141. The van der Waals surface area contributed by atoms with Crippen LogP contribution in [0.3, 0.4) is 0 Å². The standard InChI is InChI=1S/C19H24N8O/c1-2-3-8-26-17-15(24-19(26)25-9-6-21-7-10-25)12-23-27(18(17)28)13-14-4-5-16(20)22-11-14/h4-5,11-12,19,21,24H,6-10,13H2,1H3,(H2,20,22). The monoisotopic (exact) mass is 380 g/mol. The molecule has 9 heteroatoms. The van der Waals surface area contributed by atoms with Gasteiger partial charge in [-0.2, -0.15) is 5.10 Å². The molecule has 4 heterocycles. The third kappa shape index (κ3) is 3.52. The number of hydrogen-bond acceptors (Lipinski definition) is 8. The average Bonchev–Trinajstić information content (AvgIpc) is 3.10. The first-order chi connectivity index (χ1) is 13.7. The zero-order chi connectivity index (χ0) is 19.5. The first-order valence-electron chi connectivity index (χ1n) is 9.35. The number of nitrogen functional groups attached to an aromatic ring is 1. The number of aromatic nitrogens is 3. The number of rotatable bonds is 4. The molecule has 1 atom stereocenters. The Balaban J connectivity index is 1.66. The molecule has 0 radical (unpaired) electrons. The lowest BCUT2D eigenvalue weighted by atomic mass is 10.3. The molecule has 9 nitrogen and oxygen atoms in total. The molecule has 0 aromatic carbocycles. The van der Waals surface area contributed by atoms with Crippen LogP contribution in [0.25, 0.3) is 0 Å². The van der Waals surface area contributed by atoms with Crippen molar-refractivity contribution in [2.45, 2.75) is 19.8 Å². The van der Waals surface area contributed by atoms with Crippen molar-refractivity contribution in [3.63, 3.8) is 0 Å². The summed E-state index contributed by atoms with van der Waals surface area (Å²) in [7, 11) is 0. The maximum atomic E-state index is 13.2. The quantitative estimate of drug-likeness (QED) is 0.622. The van der Waals surface area contributed by atoms with Gasteiger partial charge < -0.3 is 21.3 Å². The van der Waals surface area contributed by atoms with Crippen LogP contribution < -0.4 is 26.8 Å². The van der Waals surface area contributed by atoms with E-state index in [0.717, 1.165) is 37.4 Å². The normalized spacial score (nSPS) is 18.9. The summed E-state index contributed by atoms with van der Waals surface area (Å²) >= 11 is 0. The molecule has 2 aromatic heterocycles. The fraction of sp³-hybridized carbons (Fsp3) is 0.421. The predicted octanol–water partition coefficient (Wildman–Crippen LogP) is -0.287. The maximum absolute atomic E-state index is 13.2. The lowest BCUT2D eigenvalue weighted by molar-refractivity contribution is 0.191. The van der Waals surface area contributed by atoms with Crippen LogP contribution in [0.15, 0.2) is 29.3 Å². The molecule has 146 valence electrons. The fourth-order valence-corrected chi connectivity index (χ4v) is 3.56. The maximum Gasteiger partial charge on any atom is 0.292 e. The Hall–Kier alpha value is -3.09. The molecule has 0 aliphatic carbocycles. The Morgan fingerprint density at radius 2 is 2.11 bits per heavy atom. The third-order valence-corrected chi connectivity index (χ3v) is 4.99. The zero-order valence-corrected chi connectivity index (χ0v) is 15.9. The van der Waals surface area contributed by atoms with Gasteiger partial charge in [-0.1, -0.05) is 12.0 Å². The van der Waals surface area contributed by atoms with Crippen LogP contribution in [0.5, 0.6) is 0 Å². The van der Waals surface area contributed by atoms with Crippen molar-refractivity contribution < 1.29 is 0 Å². The molecule has 2 aliphatic heterocycles. The predicted molar refractivity (Wildman–Crippen MR) is 109 cm³/mol. The first-order valence-corrected chi connectivity index (χ1v) is 9.35. The fourth-order valence-electron chi connectivity index (χ4n) is 3.56. The molecule has 1 unspecified atom stereocenters. The first kappa shape index (κ1) is 18.3. The topological polar surface area (TPSA) is 104 Å². The molecular formula is C19H24N8O. The van der Waals surface area contributed by atoms with Crippen molar-refractivity contribution in [3.8, 4) is 11.8 Å². The Labute approximate surface area is 163 Å². The number of pyridine rings is 1. The van der Waals surface area contributed by atoms with Crippen LogP contribution in [0.2, 0.25) is 0 Å². The molecule has 0 saturated carbocycles. The van der Waals surface area contributed by atoms with Crippen molar-refractivity contribution in [1.82, 2.24) is 25.0 Å². The molecule has 0 spiro atoms. The smallest absolute Gasteiger partial charge is 0.292 e. The van der Waals surface area contributed by atoms with E-state index in [-0.39, 0.29) is 11.8 Å². The SMILES string of the molecule is CC#CCN1c2c(cnn(Cc3ccc(N)nc3)c2=O)NC1N1CCNCC1. The van der Waals surface area contributed by atoms with E-state index in [9.17, 15) is 4.79 Å². The lowest BCUT2D eigenvalue weighted by Crippen LogP contribution is -2.56. The van der Waals surface area contributed by atoms with Crippen LogP contribution in [-0.2, 0) is 6.54 Å². The molecular weight excluding hydrogens is 356 g/mol. The van der Waals surface area contributed by atoms with Gasteiger partial charge in [0, 0.05) is 32.4 Å². The van der Waals surface area contributed by atoms with E-state index in [4.69, 9.17) is 5.73 Å². The van der Waals surface area contributed by atoms with Crippen molar-refractivity contribution in [3.05, 3.63) is 40.4 Å². The Kier molecular flexibility index (Phi) is 5.14. The largest absolute Gasteiger partial charge is 0.384 e. The van der Waals surface area contributed by atoms with Crippen LogP contribution in [-0.4, -0.2) is 58.7 Å². The Bertz CT molecular complexity index is 953. The highest BCUT2D eigenvalue weighted by Crippen LogP contribution is 2.31. The van der Waals surface area contributed by atoms with Gasteiger partial charge in [0.05, 0.1) is 25.0 Å². The lowest BCUT2D eigenvalue weighted by Gasteiger charge is -2.37. The van der Waals surface area contributed by atoms with Gasteiger partial charge in [0.25, 0.3) is 5.56 Å². The average molecular weight is 380 g/mol. The summed E-state index contributed by atoms with van der Waals surface area (Å²) in [5.74, 6) is 6.49. The van der Waals surface area contributed by atoms with E-state index < -0.39 is 0 Å². The van der Waals surface area contributed by atoms with Crippen molar-refractivity contribution >= 4 is 17.2 Å². The summed E-state index contributed by atoms with van der Waals surface area (Å²) in [6, 6.07) is 3.57. The number of piperazine rings is 1. The number of nitrogens with one attached hydrogen (secondary N) is 2. The molecule has 2 aliphatic rings. The number of nitrogens with zero attached hydrogens (tertiary/aromatic N) is 5. The van der Waals surface area contributed by atoms with E-state index in [2.05, 4.69) is 37.5 Å². The summed E-state index contributed by atoms with van der Waals surface area (Å²) in [6.07, 6.45) is 3.29. The summed E-state index contributed by atoms with van der Waals surface area (Å²) < 4.78 is 1.46. The molecule has 4 N–H and O–H groups in total. The van der Waals surface area contributed by atoms with Gasteiger partial charge in [0.2, 0.25) is 0 Å². The minimum Gasteiger partial charge on any atom is -0.384 e. The van der Waals surface area contributed by atoms with Gasteiger partial charge >= 0.3 is 0 Å². The molecule has 0 bridgehead atoms. The number of anilines is 3. The Morgan fingerprint density at radius 3 is 2.82 bits per heavy atom. The van der Waals surface area contributed by atoms with Gasteiger partial charge in [0.15, 0.2) is 6.29 Å². The Morgan fingerprint density at radius 1 is 1.29 bits per heavy atom.